The molecular weight excluding hydrogens is 542 g/mol. The summed E-state index contributed by atoms with van der Waals surface area (Å²) in [5, 5.41) is 65.8. The van der Waals surface area contributed by atoms with E-state index in [-0.39, 0.29) is 24.8 Å². The summed E-state index contributed by atoms with van der Waals surface area (Å²) in [7, 11) is 1.06. The average molecular weight is 574 g/mol. The van der Waals surface area contributed by atoms with E-state index in [4.69, 9.17) is 19.9 Å². The molecule has 41 heavy (non-hydrogen) atoms. The summed E-state index contributed by atoms with van der Waals surface area (Å²) < 4.78 is 16.8. The zero-order valence-corrected chi connectivity index (χ0v) is 22.5. The molecule has 13 nitrogen and oxygen atoms in total. The van der Waals surface area contributed by atoms with E-state index in [1.54, 1.807) is 13.8 Å². The topological polar surface area (TPSA) is 226 Å². The number of ketones is 2. The number of hydrogen-bond acceptors (Lipinski definition) is 13. The number of carbonyl (C=O) groups is 3. The van der Waals surface area contributed by atoms with Crippen LogP contribution in [-0.2, 0) is 19.0 Å². The van der Waals surface area contributed by atoms with E-state index < -0.39 is 111 Å². The third-order valence-corrected chi connectivity index (χ3v) is 8.40. The molecule has 7 unspecified atom stereocenters. The minimum absolute atomic E-state index is 0.0119. The van der Waals surface area contributed by atoms with Crippen LogP contribution in [0.4, 0.5) is 0 Å². The molecule has 220 valence electrons. The third kappa shape index (κ3) is 4.15. The fourth-order valence-electron chi connectivity index (χ4n) is 6.20. The quantitative estimate of drug-likeness (QED) is 0.171. The van der Waals surface area contributed by atoms with E-state index in [0.717, 1.165) is 19.2 Å². The maximum absolute atomic E-state index is 13.6. The van der Waals surface area contributed by atoms with Gasteiger partial charge in [0.1, 0.15) is 28.9 Å². The molecule has 5 rings (SSSR count). The summed E-state index contributed by atoms with van der Waals surface area (Å²) in [5.41, 5.74) is 0.864. The minimum Gasteiger partial charge on any atom is -0.507 e. The number of rotatable bonds is 4. The van der Waals surface area contributed by atoms with Gasteiger partial charge in [0.25, 0.3) is 0 Å². The lowest BCUT2D eigenvalue weighted by atomic mass is 9.66. The molecule has 0 saturated carbocycles. The van der Waals surface area contributed by atoms with Gasteiger partial charge < -0.3 is 50.6 Å². The number of hydrogen-bond donors (Lipinski definition) is 7. The molecule has 1 fully saturated rings. The molecule has 1 saturated heterocycles. The van der Waals surface area contributed by atoms with Gasteiger partial charge in [0.2, 0.25) is 11.6 Å². The second kappa shape index (κ2) is 9.96. The van der Waals surface area contributed by atoms with Crippen LogP contribution in [0.5, 0.6) is 23.0 Å². The van der Waals surface area contributed by atoms with Crippen molar-refractivity contribution in [2.24, 2.45) is 5.73 Å². The number of aromatic hydroxyl groups is 4. The van der Waals surface area contributed by atoms with Crippen LogP contribution in [-0.4, -0.2) is 85.4 Å². The number of ether oxygens (including phenoxy) is 3. The van der Waals surface area contributed by atoms with Crippen molar-refractivity contribution in [2.75, 3.05) is 7.11 Å². The highest BCUT2D eigenvalue weighted by molar-refractivity contribution is 6.32. The van der Waals surface area contributed by atoms with Crippen LogP contribution in [0.1, 0.15) is 88.1 Å². The van der Waals surface area contributed by atoms with Gasteiger partial charge in [-0.15, -0.1) is 0 Å². The summed E-state index contributed by atoms with van der Waals surface area (Å²) in [6, 6.07) is 1.25. The maximum Gasteiger partial charge on any atom is 0.316 e. The molecule has 13 heteroatoms. The van der Waals surface area contributed by atoms with Gasteiger partial charge in [-0.2, -0.15) is 0 Å². The van der Waals surface area contributed by atoms with Gasteiger partial charge in [0.05, 0.1) is 53.3 Å². The molecule has 1 aliphatic heterocycles. The molecule has 0 bridgehead atoms. The number of fused-ring (bicyclic) bond motifs is 3. The predicted molar refractivity (Wildman–Crippen MR) is 138 cm³/mol. The second-order valence-electron chi connectivity index (χ2n) is 10.7. The Morgan fingerprint density at radius 3 is 2.05 bits per heavy atom. The van der Waals surface area contributed by atoms with Crippen LogP contribution >= 0.6 is 0 Å². The minimum atomic E-state index is -1.93. The predicted octanol–water partition coefficient (Wildman–Crippen LogP) is 0.967. The van der Waals surface area contributed by atoms with Crippen LogP contribution in [0.25, 0.3) is 0 Å². The number of phenolic OH excluding ortho intramolecular Hbond substituents is 4. The van der Waals surface area contributed by atoms with Crippen molar-refractivity contribution in [3.63, 3.8) is 0 Å². The molecule has 1 heterocycles. The molecule has 8 N–H and O–H groups in total. The van der Waals surface area contributed by atoms with Crippen LogP contribution in [0, 0.1) is 0 Å². The Morgan fingerprint density at radius 2 is 1.56 bits per heavy atom. The van der Waals surface area contributed by atoms with E-state index in [2.05, 4.69) is 0 Å². The van der Waals surface area contributed by atoms with Gasteiger partial charge in [-0.1, -0.05) is 6.92 Å². The Hall–Kier alpha value is -3.75. The number of aliphatic hydroxyl groups excluding tert-OH is 1. The fraction of sp³-hybridized carbons (Fsp3) is 0.464. The number of methoxy groups -OCH3 is 1. The number of carbonyl (C=O) groups excluding carboxylic acids is 3. The average Bonchev–Trinajstić information content (AvgIpc) is 2.92. The number of nitrogens with two attached hydrogens (primary N) is 1. The van der Waals surface area contributed by atoms with Crippen LogP contribution in [0.2, 0.25) is 0 Å². The summed E-state index contributed by atoms with van der Waals surface area (Å²) in [4.78, 5) is 40.3. The molecule has 0 spiro atoms. The van der Waals surface area contributed by atoms with Gasteiger partial charge in [-0.3, -0.25) is 14.4 Å². The van der Waals surface area contributed by atoms with Crippen LogP contribution in [0.3, 0.4) is 0 Å². The normalized spacial score (nSPS) is 30.8. The first-order valence-corrected chi connectivity index (χ1v) is 13.1. The van der Waals surface area contributed by atoms with Crippen molar-refractivity contribution in [2.45, 2.75) is 75.3 Å². The van der Waals surface area contributed by atoms with Crippen molar-refractivity contribution in [1.82, 2.24) is 0 Å². The standard InChI is InChI=1S/C28H31NO12/c1-4-28(38)8-13(41-14-7-10(29)22(32)9(2)40-14)17-18(21(28)27(37)39-3)26(36)20-19(25(17)35)23(33)15-11(30)5-6-12(31)16(15)24(20)34/h5-6,9-10,13-14,21-22,30-32,35-36,38H,4,7-8,29H2,1-3H3. The molecular formula is C28H31NO12. The summed E-state index contributed by atoms with van der Waals surface area (Å²) >= 11 is 0. The van der Waals surface area contributed by atoms with E-state index in [0.29, 0.717) is 0 Å². The Bertz CT molecular complexity index is 1460. The van der Waals surface area contributed by atoms with Crippen molar-refractivity contribution in [3.05, 3.63) is 45.5 Å². The van der Waals surface area contributed by atoms with Crippen molar-refractivity contribution in [1.29, 1.82) is 0 Å². The second-order valence-corrected chi connectivity index (χ2v) is 10.7. The molecule has 0 aromatic heterocycles. The zero-order chi connectivity index (χ0) is 30.1. The summed E-state index contributed by atoms with van der Waals surface area (Å²) in [6.07, 6.45) is -4.48. The lowest BCUT2D eigenvalue weighted by Crippen LogP contribution is -2.52. The third-order valence-electron chi connectivity index (χ3n) is 8.40. The summed E-state index contributed by atoms with van der Waals surface area (Å²) in [6.45, 7) is 3.15. The molecule has 2 aromatic carbocycles. The smallest absolute Gasteiger partial charge is 0.316 e. The highest BCUT2D eigenvalue weighted by Crippen LogP contribution is 2.57. The van der Waals surface area contributed by atoms with E-state index in [1.165, 1.54) is 0 Å². The molecule has 2 aliphatic carbocycles. The van der Waals surface area contributed by atoms with Gasteiger partial charge >= 0.3 is 5.97 Å². The summed E-state index contributed by atoms with van der Waals surface area (Å²) in [5.74, 6) is -7.82. The molecule has 3 aliphatic rings. The van der Waals surface area contributed by atoms with E-state index >= 15 is 0 Å². The van der Waals surface area contributed by atoms with E-state index in [1.807, 2.05) is 0 Å². The van der Waals surface area contributed by atoms with Gasteiger partial charge in [-0.05, 0) is 25.5 Å². The number of esters is 1. The van der Waals surface area contributed by atoms with Gasteiger partial charge in [0.15, 0.2) is 6.29 Å². The first kappa shape index (κ1) is 28.8. The van der Waals surface area contributed by atoms with E-state index in [9.17, 15) is 45.0 Å². The maximum atomic E-state index is 13.6. The molecule has 2 aromatic rings. The highest BCUT2D eigenvalue weighted by Gasteiger charge is 2.55. The molecule has 0 amide bonds. The number of phenols is 4. The number of aliphatic hydroxyl groups is 2. The van der Waals surface area contributed by atoms with Crippen LogP contribution < -0.4 is 5.73 Å². The van der Waals surface area contributed by atoms with Gasteiger partial charge in [0, 0.05) is 30.0 Å². The first-order chi connectivity index (χ1) is 19.3. The van der Waals surface area contributed by atoms with Crippen molar-refractivity contribution < 1.29 is 59.2 Å². The Labute approximate surface area is 233 Å². The van der Waals surface area contributed by atoms with Crippen LogP contribution in [0.15, 0.2) is 12.1 Å². The lowest BCUT2D eigenvalue weighted by molar-refractivity contribution is -0.249. The molecule has 7 atom stereocenters. The van der Waals surface area contributed by atoms with Crippen molar-refractivity contribution in [3.8, 4) is 23.0 Å². The first-order valence-electron chi connectivity index (χ1n) is 13.1. The fourth-order valence-corrected chi connectivity index (χ4v) is 6.20. The lowest BCUT2D eigenvalue weighted by Gasteiger charge is -2.45. The monoisotopic (exact) mass is 573 g/mol. The largest absolute Gasteiger partial charge is 0.507 e. The number of benzene rings is 2. The molecule has 0 radical (unpaired) electrons. The Kier molecular flexibility index (Phi) is 6.99. The Morgan fingerprint density at radius 1 is 1.02 bits per heavy atom. The zero-order valence-electron chi connectivity index (χ0n) is 22.5. The Balaban J connectivity index is 1.77. The van der Waals surface area contributed by atoms with Crippen molar-refractivity contribution >= 4 is 17.5 Å². The highest BCUT2D eigenvalue weighted by atomic mass is 16.7. The van der Waals surface area contributed by atoms with Gasteiger partial charge in [-0.25, -0.2) is 0 Å². The SMILES string of the molecule is CCC1(O)CC(OC2CC(N)C(O)C(C)O2)c2c(O)c3c(c(O)c2C1C(=O)OC)C(=O)c1c(O)ccc(O)c1C3=O.